The van der Waals surface area contributed by atoms with Crippen LogP contribution in [0.3, 0.4) is 0 Å². The molecule has 0 saturated heterocycles. The third-order valence-corrected chi connectivity index (χ3v) is 5.99. The lowest BCUT2D eigenvalue weighted by atomic mass is 10.2. The molecule has 0 amide bonds. The number of aliphatic hydroxyl groups excluding tert-OH is 1. The van der Waals surface area contributed by atoms with Crippen molar-refractivity contribution in [2.75, 3.05) is 6.61 Å². The molecular weight excluding hydrogens is 529 g/mol. The summed E-state index contributed by atoms with van der Waals surface area (Å²) in [7, 11) is 1.47. The maximum Gasteiger partial charge on any atom is 0.573 e. The van der Waals surface area contributed by atoms with E-state index in [-0.39, 0.29) is 42.6 Å². The van der Waals surface area contributed by atoms with E-state index in [1.807, 2.05) is 0 Å². The van der Waals surface area contributed by atoms with E-state index in [9.17, 15) is 22.8 Å². The Hall–Kier alpha value is -3.77. The van der Waals surface area contributed by atoms with Gasteiger partial charge in [0.05, 0.1) is 6.54 Å². The molecule has 0 fully saturated rings. The Bertz CT molecular complexity index is 1540. The Morgan fingerprint density at radius 1 is 1.00 bits per heavy atom. The maximum atomic E-state index is 13.5. The van der Waals surface area contributed by atoms with Crippen molar-refractivity contribution in [1.82, 2.24) is 18.7 Å². The van der Waals surface area contributed by atoms with E-state index >= 15 is 0 Å². The van der Waals surface area contributed by atoms with E-state index in [1.54, 1.807) is 24.3 Å². The Morgan fingerprint density at radius 3 is 2.39 bits per heavy atom. The molecular formula is C25H24ClF3N4O5. The number of imidazole rings is 1. The van der Waals surface area contributed by atoms with Crippen molar-refractivity contribution in [3.05, 3.63) is 80.0 Å². The number of unbranched alkanes of at least 4 members (excludes halogenated alkanes) is 2. The molecule has 38 heavy (non-hydrogen) atoms. The fraction of sp³-hybridized carbons (Fsp3) is 0.320. The van der Waals surface area contributed by atoms with Crippen LogP contribution in [0.25, 0.3) is 11.2 Å². The third-order valence-electron chi connectivity index (χ3n) is 5.74. The number of benzene rings is 2. The predicted octanol–water partition coefficient (Wildman–Crippen LogP) is 4.45. The first-order chi connectivity index (χ1) is 18.1. The molecule has 0 aliphatic heterocycles. The number of hydrogen-bond donors (Lipinski definition) is 1. The van der Waals surface area contributed by atoms with E-state index in [0.29, 0.717) is 24.3 Å². The van der Waals surface area contributed by atoms with Crippen LogP contribution in [0.2, 0.25) is 5.02 Å². The second kappa shape index (κ2) is 11.3. The molecule has 202 valence electrons. The van der Waals surface area contributed by atoms with Crippen LogP contribution in [-0.4, -0.2) is 36.8 Å². The van der Waals surface area contributed by atoms with Gasteiger partial charge in [-0.15, -0.1) is 13.2 Å². The summed E-state index contributed by atoms with van der Waals surface area (Å²) in [4.78, 5) is 30.9. The van der Waals surface area contributed by atoms with Crippen LogP contribution in [0.4, 0.5) is 13.2 Å². The van der Waals surface area contributed by atoms with E-state index < -0.39 is 23.4 Å². The van der Waals surface area contributed by atoms with Crippen LogP contribution in [0.5, 0.6) is 17.5 Å². The van der Waals surface area contributed by atoms with Gasteiger partial charge in [-0.25, -0.2) is 4.79 Å². The predicted molar refractivity (Wildman–Crippen MR) is 134 cm³/mol. The van der Waals surface area contributed by atoms with Crippen LogP contribution in [0.1, 0.15) is 24.8 Å². The summed E-state index contributed by atoms with van der Waals surface area (Å²) in [5.41, 5.74) is -0.289. The Balaban J connectivity index is 1.83. The summed E-state index contributed by atoms with van der Waals surface area (Å²) in [6, 6.07) is 11.6. The van der Waals surface area contributed by atoms with Crippen molar-refractivity contribution < 1.29 is 27.8 Å². The minimum atomic E-state index is -4.89. The summed E-state index contributed by atoms with van der Waals surface area (Å²) in [6.07, 6.45) is -3.22. The highest BCUT2D eigenvalue weighted by atomic mass is 35.5. The number of alkyl halides is 3. The molecule has 4 aromatic rings. The van der Waals surface area contributed by atoms with E-state index in [2.05, 4.69) is 9.72 Å². The monoisotopic (exact) mass is 552 g/mol. The molecule has 0 atom stereocenters. The molecule has 0 radical (unpaired) electrons. The van der Waals surface area contributed by atoms with Gasteiger partial charge >= 0.3 is 18.1 Å². The number of ether oxygens (including phenoxy) is 2. The van der Waals surface area contributed by atoms with Gasteiger partial charge in [-0.3, -0.25) is 18.5 Å². The first kappa shape index (κ1) is 27.3. The highest BCUT2D eigenvalue weighted by Gasteiger charge is 2.31. The molecule has 0 unspecified atom stereocenters. The zero-order valence-electron chi connectivity index (χ0n) is 20.2. The normalized spacial score (nSPS) is 11.7. The van der Waals surface area contributed by atoms with Gasteiger partial charge in [0, 0.05) is 31.3 Å². The molecule has 0 aliphatic carbocycles. The van der Waals surface area contributed by atoms with Crippen molar-refractivity contribution in [3.8, 4) is 17.5 Å². The molecule has 0 bridgehead atoms. The third kappa shape index (κ3) is 6.20. The molecule has 9 nitrogen and oxygen atoms in total. The van der Waals surface area contributed by atoms with E-state index in [4.69, 9.17) is 21.4 Å². The summed E-state index contributed by atoms with van der Waals surface area (Å²) >= 11 is 6.00. The second-order valence-electron chi connectivity index (χ2n) is 8.49. The molecule has 4 rings (SSSR count). The number of aryl methyl sites for hydroxylation is 1. The molecule has 0 spiro atoms. The Labute approximate surface area is 219 Å². The highest BCUT2D eigenvalue weighted by Crippen LogP contribution is 2.30. The van der Waals surface area contributed by atoms with Crippen molar-refractivity contribution in [2.45, 2.75) is 38.7 Å². The van der Waals surface area contributed by atoms with Gasteiger partial charge in [0.15, 0.2) is 11.2 Å². The maximum absolute atomic E-state index is 13.5. The molecule has 0 saturated carbocycles. The topological polar surface area (TPSA) is 101 Å². The molecule has 2 aromatic heterocycles. The Morgan fingerprint density at radius 2 is 1.71 bits per heavy atom. The van der Waals surface area contributed by atoms with Gasteiger partial charge in [-0.1, -0.05) is 29.8 Å². The molecule has 13 heteroatoms. The number of hydrogen-bond acceptors (Lipinski definition) is 6. The second-order valence-corrected chi connectivity index (χ2v) is 8.92. The fourth-order valence-corrected chi connectivity index (χ4v) is 4.07. The van der Waals surface area contributed by atoms with Crippen molar-refractivity contribution >= 4 is 22.8 Å². The minimum Gasteiger partial charge on any atom is -0.425 e. The Kier molecular flexibility index (Phi) is 8.12. The smallest absolute Gasteiger partial charge is 0.425 e. The van der Waals surface area contributed by atoms with Crippen molar-refractivity contribution in [3.63, 3.8) is 0 Å². The summed E-state index contributed by atoms with van der Waals surface area (Å²) in [5, 5.41) is 9.53. The molecule has 2 aromatic carbocycles. The van der Waals surface area contributed by atoms with E-state index in [1.165, 1.54) is 28.3 Å². The van der Waals surface area contributed by atoms with Gasteiger partial charge in [-0.2, -0.15) is 4.98 Å². The SMILES string of the molecule is Cn1c(=O)n(CCCCCO)c(=O)c2c1nc(Oc1cccc(OC(F)(F)F)c1)n2Cc1ccc(Cl)cc1. The van der Waals surface area contributed by atoms with Gasteiger partial charge < -0.3 is 14.6 Å². The number of rotatable bonds is 10. The summed E-state index contributed by atoms with van der Waals surface area (Å²) < 4.78 is 51.7. The summed E-state index contributed by atoms with van der Waals surface area (Å²) in [6.45, 7) is 0.246. The van der Waals surface area contributed by atoms with E-state index in [0.717, 1.165) is 22.3 Å². The van der Waals surface area contributed by atoms with Gasteiger partial charge in [0.1, 0.15) is 11.5 Å². The van der Waals surface area contributed by atoms with Gasteiger partial charge in [-0.05, 0) is 49.1 Å². The number of aliphatic hydroxyl groups is 1. The summed E-state index contributed by atoms with van der Waals surface area (Å²) in [5.74, 6) is -0.512. The van der Waals surface area contributed by atoms with Crippen LogP contribution < -0.4 is 20.7 Å². The van der Waals surface area contributed by atoms with Crippen LogP contribution in [-0.2, 0) is 20.1 Å². The lowest BCUT2D eigenvalue weighted by Gasteiger charge is -2.12. The first-order valence-electron chi connectivity index (χ1n) is 11.7. The highest BCUT2D eigenvalue weighted by molar-refractivity contribution is 6.30. The average Bonchev–Trinajstić information content (AvgIpc) is 3.20. The quantitative estimate of drug-likeness (QED) is 0.292. The minimum absolute atomic E-state index is 0.00964. The molecule has 1 N–H and O–H groups in total. The number of nitrogens with zero attached hydrogens (tertiary/aromatic N) is 4. The first-order valence-corrected chi connectivity index (χ1v) is 12.0. The lowest BCUT2D eigenvalue weighted by molar-refractivity contribution is -0.274. The number of halogens is 4. The van der Waals surface area contributed by atoms with Crippen molar-refractivity contribution in [1.29, 1.82) is 0 Å². The number of fused-ring (bicyclic) bond motifs is 1. The van der Waals surface area contributed by atoms with Crippen LogP contribution >= 0.6 is 11.6 Å². The zero-order valence-corrected chi connectivity index (χ0v) is 21.0. The lowest BCUT2D eigenvalue weighted by Crippen LogP contribution is -2.39. The van der Waals surface area contributed by atoms with Crippen LogP contribution in [0, 0.1) is 0 Å². The van der Waals surface area contributed by atoms with Crippen LogP contribution in [0.15, 0.2) is 58.1 Å². The molecule has 0 aliphatic rings. The van der Waals surface area contributed by atoms with Gasteiger partial charge in [0.2, 0.25) is 0 Å². The largest absolute Gasteiger partial charge is 0.573 e. The molecule has 2 heterocycles. The standard InChI is InChI=1S/C25H24ClF3N4O5/c1-31-21-20(22(35)32(24(31)36)12-3-2-4-13-34)33(15-16-8-10-17(26)11-9-16)23(30-21)37-18-6-5-7-19(14-18)38-25(27,28)29/h5-11,14,34H,2-4,12-13,15H2,1H3. The number of aromatic nitrogens is 4. The fourth-order valence-electron chi connectivity index (χ4n) is 3.94. The zero-order chi connectivity index (χ0) is 27.4. The van der Waals surface area contributed by atoms with Crippen molar-refractivity contribution in [2.24, 2.45) is 7.05 Å². The average molecular weight is 553 g/mol. The van der Waals surface area contributed by atoms with Gasteiger partial charge in [0.25, 0.3) is 5.56 Å².